The maximum absolute atomic E-state index is 13.9. The molecule has 9 heteroatoms. The van der Waals surface area contributed by atoms with Crippen LogP contribution in [-0.4, -0.2) is 38.3 Å². The van der Waals surface area contributed by atoms with E-state index in [1.54, 1.807) is 31.6 Å². The van der Waals surface area contributed by atoms with Gasteiger partial charge in [-0.15, -0.1) is 0 Å². The van der Waals surface area contributed by atoms with Crippen molar-refractivity contribution in [2.24, 2.45) is 4.99 Å². The van der Waals surface area contributed by atoms with E-state index in [1.165, 1.54) is 11.3 Å². The molecule has 1 atom stereocenters. The highest BCUT2D eigenvalue weighted by atomic mass is 32.1. The Morgan fingerprint density at radius 1 is 1.19 bits per heavy atom. The monoisotopic (exact) mass is 517 g/mol. The number of fused-ring (bicyclic) bond motifs is 2. The van der Waals surface area contributed by atoms with E-state index < -0.39 is 12.0 Å². The van der Waals surface area contributed by atoms with E-state index in [9.17, 15) is 9.59 Å². The number of rotatable bonds is 6. The summed E-state index contributed by atoms with van der Waals surface area (Å²) in [5.41, 5.74) is 1.24. The van der Waals surface area contributed by atoms with Crippen LogP contribution in [0.4, 0.5) is 5.88 Å². The molecule has 2 aromatic heterocycles. The zero-order valence-electron chi connectivity index (χ0n) is 21.3. The van der Waals surface area contributed by atoms with Crippen LogP contribution in [-0.2, 0) is 9.53 Å². The first-order chi connectivity index (χ1) is 17.8. The molecular formula is C28H27N3O5S. The number of allylic oxidation sites excluding steroid dienone is 1. The van der Waals surface area contributed by atoms with Gasteiger partial charge in [0.1, 0.15) is 17.6 Å². The highest BCUT2D eigenvalue weighted by Crippen LogP contribution is 2.40. The van der Waals surface area contributed by atoms with Crippen molar-refractivity contribution in [2.45, 2.75) is 19.9 Å². The number of carbonyl (C=O) groups excluding carboxylic acids is 1. The Labute approximate surface area is 217 Å². The van der Waals surface area contributed by atoms with Crippen LogP contribution in [0.1, 0.15) is 31.2 Å². The summed E-state index contributed by atoms with van der Waals surface area (Å²) in [6.45, 7) is 3.72. The molecule has 0 radical (unpaired) electrons. The third-order valence-corrected chi connectivity index (χ3v) is 7.25. The van der Waals surface area contributed by atoms with Crippen molar-refractivity contribution < 1.29 is 18.7 Å². The van der Waals surface area contributed by atoms with Crippen LogP contribution >= 0.6 is 11.3 Å². The lowest BCUT2D eigenvalue weighted by atomic mass is 9.90. The molecule has 8 nitrogen and oxygen atoms in total. The van der Waals surface area contributed by atoms with Crippen LogP contribution < -0.4 is 24.5 Å². The molecule has 1 aliphatic heterocycles. The minimum absolute atomic E-state index is 0.201. The molecule has 0 unspecified atom stereocenters. The van der Waals surface area contributed by atoms with E-state index in [1.807, 2.05) is 67.5 Å². The lowest BCUT2D eigenvalue weighted by Crippen LogP contribution is -2.40. The molecule has 0 saturated heterocycles. The van der Waals surface area contributed by atoms with Crippen LogP contribution in [0.5, 0.6) is 5.75 Å². The molecule has 0 bridgehead atoms. The Kier molecular flexibility index (Phi) is 6.47. The molecule has 0 N–H and O–H groups in total. The second-order valence-electron chi connectivity index (χ2n) is 8.78. The van der Waals surface area contributed by atoms with Crippen molar-refractivity contribution in [3.05, 3.63) is 90.8 Å². The van der Waals surface area contributed by atoms with Gasteiger partial charge in [-0.1, -0.05) is 41.7 Å². The molecule has 0 spiro atoms. The Morgan fingerprint density at radius 2 is 1.97 bits per heavy atom. The fourth-order valence-electron chi connectivity index (χ4n) is 4.59. The summed E-state index contributed by atoms with van der Waals surface area (Å²) in [5.74, 6) is 1.28. The Balaban J connectivity index is 1.82. The Bertz CT molecular complexity index is 1720. The number of hydrogen-bond acceptors (Lipinski definition) is 8. The van der Waals surface area contributed by atoms with Crippen LogP contribution in [0, 0.1) is 0 Å². The fraction of sp³-hybridized carbons (Fsp3) is 0.250. The van der Waals surface area contributed by atoms with E-state index in [2.05, 4.69) is 4.99 Å². The molecule has 190 valence electrons. The number of esters is 1. The predicted octanol–water partition coefficient (Wildman–Crippen LogP) is 3.62. The quantitative estimate of drug-likeness (QED) is 0.363. The third kappa shape index (κ3) is 4.25. The minimum atomic E-state index is -0.785. The summed E-state index contributed by atoms with van der Waals surface area (Å²) in [6.07, 6.45) is 1.71. The SMILES string of the molecule is CCOC(=O)C1=C(C)N=c2s/c(=C\c3ccc(N(C)C)o3)c(=O)n2[C@@H]1c1c(OC)ccc2ccccc12. The van der Waals surface area contributed by atoms with Gasteiger partial charge in [-0.05, 0) is 36.8 Å². The molecule has 0 amide bonds. The normalized spacial score (nSPS) is 15.5. The zero-order chi connectivity index (χ0) is 26.3. The molecule has 3 heterocycles. The molecule has 0 aliphatic carbocycles. The number of hydrogen-bond donors (Lipinski definition) is 0. The topological polar surface area (TPSA) is 86.3 Å². The Hall–Kier alpha value is -4.11. The summed E-state index contributed by atoms with van der Waals surface area (Å²) in [5, 5.41) is 1.84. The van der Waals surface area contributed by atoms with Gasteiger partial charge >= 0.3 is 5.97 Å². The number of methoxy groups -OCH3 is 1. The van der Waals surface area contributed by atoms with Gasteiger partial charge in [-0.2, -0.15) is 0 Å². The standard InChI is InChI=1S/C28H27N3O5S/c1-6-35-27(33)23-16(2)29-28-31(26(32)21(37-28)15-18-12-14-22(36-18)30(3)4)25(23)24-19-10-8-7-9-17(19)11-13-20(24)34-5/h7-15,25H,6H2,1-5H3/b21-15-/t25-/m0/s1. The molecule has 5 rings (SSSR count). The average molecular weight is 518 g/mol. The summed E-state index contributed by atoms with van der Waals surface area (Å²) >= 11 is 1.25. The lowest BCUT2D eigenvalue weighted by Gasteiger charge is -2.27. The first-order valence-corrected chi connectivity index (χ1v) is 12.7. The van der Waals surface area contributed by atoms with Gasteiger partial charge in [0.15, 0.2) is 10.7 Å². The second-order valence-corrected chi connectivity index (χ2v) is 9.78. The molecule has 1 aliphatic rings. The first-order valence-electron chi connectivity index (χ1n) is 11.9. The van der Waals surface area contributed by atoms with Crippen molar-refractivity contribution in [3.63, 3.8) is 0 Å². The number of aromatic nitrogens is 1. The van der Waals surface area contributed by atoms with Crippen molar-refractivity contribution in [1.29, 1.82) is 0 Å². The van der Waals surface area contributed by atoms with Gasteiger partial charge in [0.25, 0.3) is 5.56 Å². The number of carbonyl (C=O) groups is 1. The molecular weight excluding hydrogens is 490 g/mol. The van der Waals surface area contributed by atoms with Crippen LogP contribution in [0.3, 0.4) is 0 Å². The van der Waals surface area contributed by atoms with E-state index in [0.29, 0.717) is 43.6 Å². The van der Waals surface area contributed by atoms with E-state index in [0.717, 1.165) is 10.8 Å². The van der Waals surface area contributed by atoms with Crippen molar-refractivity contribution in [2.75, 3.05) is 32.7 Å². The minimum Gasteiger partial charge on any atom is -0.496 e. The van der Waals surface area contributed by atoms with E-state index in [4.69, 9.17) is 13.9 Å². The van der Waals surface area contributed by atoms with E-state index in [-0.39, 0.29) is 12.2 Å². The van der Waals surface area contributed by atoms with Gasteiger partial charge in [0, 0.05) is 31.8 Å². The number of benzene rings is 2. The number of nitrogens with zero attached hydrogens (tertiary/aromatic N) is 3. The van der Waals surface area contributed by atoms with Crippen LogP contribution in [0.2, 0.25) is 0 Å². The lowest BCUT2D eigenvalue weighted by molar-refractivity contribution is -0.139. The van der Waals surface area contributed by atoms with Gasteiger partial charge in [0.2, 0.25) is 0 Å². The summed E-state index contributed by atoms with van der Waals surface area (Å²) in [6, 6.07) is 14.5. The number of ether oxygens (including phenoxy) is 2. The molecule has 37 heavy (non-hydrogen) atoms. The van der Waals surface area contributed by atoms with Gasteiger partial charge in [-0.25, -0.2) is 9.79 Å². The largest absolute Gasteiger partial charge is 0.496 e. The Morgan fingerprint density at radius 3 is 2.68 bits per heavy atom. The third-order valence-electron chi connectivity index (χ3n) is 6.27. The van der Waals surface area contributed by atoms with Gasteiger partial charge in [-0.3, -0.25) is 9.36 Å². The fourth-order valence-corrected chi connectivity index (χ4v) is 5.62. The maximum atomic E-state index is 13.9. The van der Waals surface area contributed by atoms with Crippen molar-refractivity contribution in [3.8, 4) is 5.75 Å². The van der Waals surface area contributed by atoms with Crippen LogP contribution in [0.15, 0.2) is 74.0 Å². The predicted molar refractivity (Wildman–Crippen MR) is 144 cm³/mol. The smallest absolute Gasteiger partial charge is 0.338 e. The zero-order valence-corrected chi connectivity index (χ0v) is 22.1. The molecule has 2 aromatic carbocycles. The second kappa shape index (κ2) is 9.74. The molecule has 0 fully saturated rings. The highest BCUT2D eigenvalue weighted by Gasteiger charge is 2.36. The van der Waals surface area contributed by atoms with Crippen molar-refractivity contribution >= 4 is 40.0 Å². The molecule has 0 saturated carbocycles. The summed E-state index contributed by atoms with van der Waals surface area (Å²) < 4.78 is 19.1. The maximum Gasteiger partial charge on any atom is 0.338 e. The summed E-state index contributed by atoms with van der Waals surface area (Å²) in [4.78, 5) is 34.2. The summed E-state index contributed by atoms with van der Waals surface area (Å²) in [7, 11) is 5.35. The van der Waals surface area contributed by atoms with E-state index >= 15 is 0 Å². The number of anilines is 1. The molecule has 4 aromatic rings. The van der Waals surface area contributed by atoms with Gasteiger partial charge in [0.05, 0.1) is 29.5 Å². The number of furan rings is 1. The average Bonchev–Trinajstić information content (AvgIpc) is 3.47. The van der Waals surface area contributed by atoms with Crippen LogP contribution in [0.25, 0.3) is 16.8 Å². The highest BCUT2D eigenvalue weighted by molar-refractivity contribution is 7.07. The van der Waals surface area contributed by atoms with Gasteiger partial charge < -0.3 is 18.8 Å². The first kappa shape index (κ1) is 24.6. The number of thiazole rings is 1. The van der Waals surface area contributed by atoms with Crippen molar-refractivity contribution in [1.82, 2.24) is 4.57 Å².